The van der Waals surface area contributed by atoms with Gasteiger partial charge in [-0.2, -0.15) is 5.10 Å². The number of ether oxygens (including phenoxy) is 1. The predicted octanol–water partition coefficient (Wildman–Crippen LogP) is 3.71. The highest BCUT2D eigenvalue weighted by Gasteiger charge is 2.22. The summed E-state index contributed by atoms with van der Waals surface area (Å²) in [6.45, 7) is 6.64. The molecular weight excluding hydrogens is 352 g/mol. The van der Waals surface area contributed by atoms with Crippen LogP contribution in [0.3, 0.4) is 0 Å². The Balaban J connectivity index is 1.91. The molecule has 3 rings (SSSR count). The van der Waals surface area contributed by atoms with Crippen molar-refractivity contribution in [2.75, 3.05) is 7.11 Å². The Morgan fingerprint density at radius 3 is 2.43 bits per heavy atom. The Morgan fingerprint density at radius 1 is 1.14 bits per heavy atom. The van der Waals surface area contributed by atoms with Crippen LogP contribution in [0.2, 0.25) is 0 Å². The minimum atomic E-state index is -0.107. The number of carbonyl (C=O) groups excluding carboxylic acids is 1. The van der Waals surface area contributed by atoms with Crippen molar-refractivity contribution in [1.82, 2.24) is 20.1 Å². The van der Waals surface area contributed by atoms with Crippen LogP contribution in [0, 0.1) is 12.8 Å². The second kappa shape index (κ2) is 8.69. The number of amides is 1. The molecule has 0 fully saturated rings. The molecule has 146 valence electrons. The lowest BCUT2D eigenvalue weighted by molar-refractivity contribution is 0.0949. The maximum absolute atomic E-state index is 13.0. The van der Waals surface area contributed by atoms with Gasteiger partial charge in [0.2, 0.25) is 0 Å². The Bertz CT molecular complexity index is 931. The number of hydrogen-bond donors (Lipinski definition) is 1. The van der Waals surface area contributed by atoms with Gasteiger partial charge in [0.05, 0.1) is 29.7 Å². The minimum Gasteiger partial charge on any atom is -0.497 e. The third-order valence-corrected chi connectivity index (χ3v) is 4.54. The number of carbonyl (C=O) groups is 1. The zero-order valence-corrected chi connectivity index (χ0v) is 16.8. The fraction of sp³-hybridized carbons (Fsp3) is 0.318. The molecule has 0 atom stereocenters. The molecule has 0 aliphatic heterocycles. The molecule has 1 aromatic carbocycles. The molecule has 0 aliphatic carbocycles. The monoisotopic (exact) mass is 378 g/mol. The number of methoxy groups -OCH3 is 1. The Morgan fingerprint density at radius 2 is 1.82 bits per heavy atom. The van der Waals surface area contributed by atoms with Crippen LogP contribution in [0.5, 0.6) is 5.75 Å². The Labute approximate surface area is 165 Å². The molecule has 0 saturated carbocycles. The quantitative estimate of drug-likeness (QED) is 0.680. The van der Waals surface area contributed by atoms with Crippen LogP contribution in [0.25, 0.3) is 5.69 Å². The van der Waals surface area contributed by atoms with Crippen molar-refractivity contribution in [2.24, 2.45) is 5.92 Å². The Hall–Kier alpha value is -3.15. The van der Waals surface area contributed by atoms with E-state index in [1.54, 1.807) is 19.5 Å². The van der Waals surface area contributed by atoms with E-state index in [2.05, 4.69) is 24.1 Å². The van der Waals surface area contributed by atoms with Gasteiger partial charge in [-0.1, -0.05) is 13.8 Å². The van der Waals surface area contributed by atoms with E-state index in [1.807, 2.05) is 48.0 Å². The number of nitrogens with one attached hydrogen (secondary N) is 1. The number of hydrogen-bond acceptors (Lipinski definition) is 4. The van der Waals surface area contributed by atoms with Gasteiger partial charge in [-0.25, -0.2) is 4.68 Å². The third-order valence-electron chi connectivity index (χ3n) is 4.54. The molecule has 0 spiro atoms. The summed E-state index contributed by atoms with van der Waals surface area (Å²) >= 11 is 0. The first-order valence-electron chi connectivity index (χ1n) is 9.39. The second-order valence-corrected chi connectivity index (χ2v) is 7.15. The summed E-state index contributed by atoms with van der Waals surface area (Å²) in [6, 6.07) is 11.4. The normalized spacial score (nSPS) is 10.9. The maximum atomic E-state index is 13.0. The molecule has 0 saturated heterocycles. The molecule has 0 radical (unpaired) electrons. The highest BCUT2D eigenvalue weighted by atomic mass is 16.5. The summed E-state index contributed by atoms with van der Waals surface area (Å²) in [5.41, 5.74) is 4.20. The van der Waals surface area contributed by atoms with Gasteiger partial charge in [0, 0.05) is 18.9 Å². The fourth-order valence-corrected chi connectivity index (χ4v) is 3.13. The Kier molecular flexibility index (Phi) is 6.09. The molecular formula is C22H26N4O2. The molecule has 0 unspecified atom stereocenters. The maximum Gasteiger partial charge on any atom is 0.255 e. The summed E-state index contributed by atoms with van der Waals surface area (Å²) < 4.78 is 7.06. The van der Waals surface area contributed by atoms with Crippen LogP contribution in [-0.4, -0.2) is 27.8 Å². The van der Waals surface area contributed by atoms with Crippen molar-refractivity contribution in [2.45, 2.75) is 33.7 Å². The molecule has 1 N–H and O–H groups in total. The predicted molar refractivity (Wildman–Crippen MR) is 109 cm³/mol. The lowest BCUT2D eigenvalue weighted by atomic mass is 10.0. The van der Waals surface area contributed by atoms with Gasteiger partial charge in [-0.3, -0.25) is 9.78 Å². The van der Waals surface area contributed by atoms with Gasteiger partial charge in [0.1, 0.15) is 5.75 Å². The lowest BCUT2D eigenvalue weighted by Gasteiger charge is -2.08. The summed E-state index contributed by atoms with van der Waals surface area (Å²) in [5.74, 6) is 1.07. The van der Waals surface area contributed by atoms with E-state index in [1.165, 1.54) is 0 Å². The van der Waals surface area contributed by atoms with Crippen molar-refractivity contribution >= 4 is 5.91 Å². The van der Waals surface area contributed by atoms with Crippen LogP contribution in [0.1, 0.15) is 41.2 Å². The minimum absolute atomic E-state index is 0.107. The van der Waals surface area contributed by atoms with Crippen LogP contribution in [0.15, 0.2) is 48.8 Å². The van der Waals surface area contributed by atoms with Gasteiger partial charge in [-0.15, -0.1) is 0 Å². The number of benzene rings is 1. The number of rotatable bonds is 7. The first-order valence-corrected chi connectivity index (χ1v) is 9.39. The zero-order chi connectivity index (χ0) is 20.1. The fourth-order valence-electron chi connectivity index (χ4n) is 3.13. The van der Waals surface area contributed by atoms with Crippen molar-refractivity contribution in [3.05, 3.63) is 71.3 Å². The smallest absolute Gasteiger partial charge is 0.255 e. The molecule has 1 amide bonds. The summed E-state index contributed by atoms with van der Waals surface area (Å²) in [4.78, 5) is 17.0. The average molecular weight is 378 g/mol. The van der Waals surface area contributed by atoms with Crippen LogP contribution in [0.4, 0.5) is 0 Å². The number of nitrogens with zero attached hydrogens (tertiary/aromatic N) is 3. The van der Waals surface area contributed by atoms with Crippen molar-refractivity contribution in [3.8, 4) is 11.4 Å². The van der Waals surface area contributed by atoms with Gasteiger partial charge >= 0.3 is 0 Å². The van der Waals surface area contributed by atoms with Crippen LogP contribution < -0.4 is 10.1 Å². The van der Waals surface area contributed by atoms with E-state index < -0.39 is 0 Å². The van der Waals surface area contributed by atoms with E-state index in [4.69, 9.17) is 9.84 Å². The summed E-state index contributed by atoms with van der Waals surface area (Å²) in [5, 5.41) is 7.77. The molecule has 2 heterocycles. The third kappa shape index (κ3) is 4.39. The molecule has 2 aromatic heterocycles. The van der Waals surface area contributed by atoms with E-state index in [0.717, 1.165) is 34.8 Å². The number of aromatic nitrogens is 3. The number of pyridine rings is 1. The molecule has 0 bridgehead atoms. The average Bonchev–Trinajstić information content (AvgIpc) is 3.02. The lowest BCUT2D eigenvalue weighted by Crippen LogP contribution is -2.24. The SMILES string of the molecule is COc1ccc(-n2nc(CC(C)C)c(C(=O)NCc3ccncc3)c2C)cc1. The molecule has 28 heavy (non-hydrogen) atoms. The summed E-state index contributed by atoms with van der Waals surface area (Å²) in [6.07, 6.45) is 4.18. The van der Waals surface area contributed by atoms with Gasteiger partial charge in [0.25, 0.3) is 5.91 Å². The van der Waals surface area contributed by atoms with Crippen molar-refractivity contribution in [1.29, 1.82) is 0 Å². The molecule has 6 heteroatoms. The van der Waals surface area contributed by atoms with Crippen LogP contribution >= 0.6 is 0 Å². The highest BCUT2D eigenvalue weighted by molar-refractivity contribution is 5.96. The molecule has 3 aromatic rings. The van der Waals surface area contributed by atoms with Gasteiger partial charge in [-0.05, 0) is 61.2 Å². The molecule has 0 aliphatic rings. The van der Waals surface area contributed by atoms with Crippen LogP contribution in [-0.2, 0) is 13.0 Å². The van der Waals surface area contributed by atoms with Gasteiger partial charge in [0.15, 0.2) is 0 Å². The summed E-state index contributed by atoms with van der Waals surface area (Å²) in [7, 11) is 1.64. The largest absolute Gasteiger partial charge is 0.497 e. The topological polar surface area (TPSA) is 69.0 Å². The van der Waals surface area contributed by atoms with E-state index >= 15 is 0 Å². The van der Waals surface area contributed by atoms with E-state index in [9.17, 15) is 4.79 Å². The second-order valence-electron chi connectivity index (χ2n) is 7.15. The van der Waals surface area contributed by atoms with Gasteiger partial charge < -0.3 is 10.1 Å². The van der Waals surface area contributed by atoms with Crippen molar-refractivity contribution in [3.63, 3.8) is 0 Å². The first-order chi connectivity index (χ1) is 13.5. The molecule has 6 nitrogen and oxygen atoms in total. The first kappa shape index (κ1) is 19.6. The van der Waals surface area contributed by atoms with E-state index in [-0.39, 0.29) is 5.91 Å². The van der Waals surface area contributed by atoms with Crippen molar-refractivity contribution < 1.29 is 9.53 Å². The zero-order valence-electron chi connectivity index (χ0n) is 16.8. The standard InChI is InChI=1S/C22H26N4O2/c1-15(2)13-20-21(22(27)24-14-17-9-11-23-12-10-17)16(3)26(25-20)18-5-7-19(28-4)8-6-18/h5-12,15H,13-14H2,1-4H3,(H,24,27). The highest BCUT2D eigenvalue weighted by Crippen LogP contribution is 2.22. The van der Waals surface area contributed by atoms with E-state index in [0.29, 0.717) is 18.0 Å².